The Morgan fingerprint density at radius 1 is 1.09 bits per heavy atom. The number of nitrogens with zero attached hydrogens (tertiary/aromatic N) is 1. The van der Waals surface area contributed by atoms with Crippen LogP contribution in [0.2, 0.25) is 0 Å². The molecule has 2 fully saturated rings. The molecule has 5 atom stereocenters. The number of aliphatic hydroxyl groups is 1. The van der Waals surface area contributed by atoms with Crippen LogP contribution in [0.25, 0.3) is 0 Å². The lowest BCUT2D eigenvalue weighted by Gasteiger charge is -2.30. The maximum absolute atomic E-state index is 13.7. The van der Waals surface area contributed by atoms with Crippen LogP contribution < -0.4 is 15.4 Å². The summed E-state index contributed by atoms with van der Waals surface area (Å²) in [6, 6.07) is 10.2. The number of likely N-dealkylation sites (tertiary alicyclic amines) is 1. The highest BCUT2D eigenvalue weighted by atomic mass is 16.5. The van der Waals surface area contributed by atoms with E-state index in [0.29, 0.717) is 17.0 Å². The minimum atomic E-state index is -1.40. The number of aliphatic hydroxyl groups excluding tert-OH is 1. The summed E-state index contributed by atoms with van der Waals surface area (Å²) in [5.41, 5.74) is 2.64. The second-order valence-corrected chi connectivity index (χ2v) is 9.22. The molecule has 8 nitrogen and oxygen atoms in total. The number of fused-ring (bicyclic) bond motifs is 4. The van der Waals surface area contributed by atoms with E-state index in [-0.39, 0.29) is 18.4 Å². The van der Waals surface area contributed by atoms with E-state index in [1.54, 1.807) is 38.3 Å². The molecule has 0 bridgehead atoms. The van der Waals surface area contributed by atoms with Crippen molar-refractivity contribution in [2.45, 2.75) is 45.0 Å². The van der Waals surface area contributed by atoms with Gasteiger partial charge in [-0.15, -0.1) is 0 Å². The summed E-state index contributed by atoms with van der Waals surface area (Å²) < 4.78 is 5.18. The molecule has 2 saturated heterocycles. The number of carbonyl (C=O) groups excluding carboxylic acids is 3. The molecule has 33 heavy (non-hydrogen) atoms. The molecule has 0 unspecified atom stereocenters. The molecule has 3 aliphatic rings. The van der Waals surface area contributed by atoms with E-state index < -0.39 is 35.4 Å². The van der Waals surface area contributed by atoms with E-state index >= 15 is 0 Å². The highest BCUT2D eigenvalue weighted by Gasteiger charge is 2.71. The number of imide groups is 1. The molecule has 3 amide bonds. The molecular formula is C25H27N3O5. The van der Waals surface area contributed by atoms with E-state index in [9.17, 15) is 19.5 Å². The summed E-state index contributed by atoms with van der Waals surface area (Å²) in [6.07, 6.45) is -0.932. The fourth-order valence-electron chi connectivity index (χ4n) is 5.59. The van der Waals surface area contributed by atoms with Gasteiger partial charge in [0.15, 0.2) is 0 Å². The SMILES string of the molecule is COc1ccc(CN2C(=O)[C@@H]3[C@@H]([C@@H](C)O)N[C@@]4(C(=O)Nc5c4ccc(C)c5C)[C@@H]3C2=O)cc1. The molecule has 0 aliphatic carbocycles. The normalized spacial score (nSPS) is 28.8. The Morgan fingerprint density at radius 3 is 2.42 bits per heavy atom. The number of ether oxygens (including phenoxy) is 1. The second kappa shape index (κ2) is 7.40. The zero-order chi connectivity index (χ0) is 23.7. The Labute approximate surface area is 191 Å². The van der Waals surface area contributed by atoms with Crippen molar-refractivity contribution >= 4 is 23.4 Å². The zero-order valence-corrected chi connectivity index (χ0v) is 19.0. The summed E-state index contributed by atoms with van der Waals surface area (Å²) in [6.45, 7) is 5.55. The van der Waals surface area contributed by atoms with Crippen molar-refractivity contribution in [3.63, 3.8) is 0 Å². The number of hydrogen-bond donors (Lipinski definition) is 3. The number of anilines is 1. The van der Waals surface area contributed by atoms with Gasteiger partial charge in [-0.1, -0.05) is 24.3 Å². The molecule has 8 heteroatoms. The first kappa shape index (κ1) is 21.6. The number of amides is 3. The maximum atomic E-state index is 13.7. The monoisotopic (exact) mass is 449 g/mol. The molecule has 172 valence electrons. The number of nitrogens with one attached hydrogen (secondary N) is 2. The van der Waals surface area contributed by atoms with Crippen molar-refractivity contribution < 1.29 is 24.2 Å². The largest absolute Gasteiger partial charge is 0.497 e. The third kappa shape index (κ3) is 2.87. The van der Waals surface area contributed by atoms with E-state index in [2.05, 4.69) is 10.6 Å². The van der Waals surface area contributed by atoms with E-state index in [4.69, 9.17) is 4.74 Å². The summed E-state index contributed by atoms with van der Waals surface area (Å²) in [4.78, 5) is 41.9. The first-order valence-electron chi connectivity index (χ1n) is 11.1. The molecule has 0 radical (unpaired) electrons. The summed E-state index contributed by atoms with van der Waals surface area (Å²) in [5.74, 6) is -2.24. The van der Waals surface area contributed by atoms with Crippen molar-refractivity contribution in [2.75, 3.05) is 12.4 Å². The Balaban J connectivity index is 1.59. The molecule has 0 saturated carbocycles. The van der Waals surface area contributed by atoms with Crippen molar-refractivity contribution in [1.29, 1.82) is 0 Å². The molecule has 1 spiro atoms. The van der Waals surface area contributed by atoms with Crippen molar-refractivity contribution in [2.24, 2.45) is 11.8 Å². The Morgan fingerprint density at radius 2 is 1.79 bits per heavy atom. The van der Waals surface area contributed by atoms with Gasteiger partial charge in [0, 0.05) is 17.3 Å². The van der Waals surface area contributed by atoms with Gasteiger partial charge in [0.1, 0.15) is 11.3 Å². The third-order valence-corrected chi connectivity index (χ3v) is 7.47. The molecular weight excluding hydrogens is 422 g/mol. The number of carbonyl (C=O) groups is 3. The zero-order valence-electron chi connectivity index (χ0n) is 19.0. The van der Waals surface area contributed by atoms with Gasteiger partial charge in [-0.25, -0.2) is 0 Å². The van der Waals surface area contributed by atoms with Crippen molar-refractivity contribution in [3.8, 4) is 5.75 Å². The number of hydrogen-bond acceptors (Lipinski definition) is 6. The van der Waals surface area contributed by atoms with Crippen LogP contribution in [-0.2, 0) is 26.5 Å². The van der Waals surface area contributed by atoms with Gasteiger partial charge in [-0.05, 0) is 49.6 Å². The van der Waals surface area contributed by atoms with Crippen molar-refractivity contribution in [1.82, 2.24) is 10.2 Å². The summed E-state index contributed by atoms with van der Waals surface area (Å²) >= 11 is 0. The Kier molecular flexibility index (Phi) is 4.84. The lowest BCUT2D eigenvalue weighted by Crippen LogP contribution is -2.54. The van der Waals surface area contributed by atoms with Gasteiger partial charge in [0.25, 0.3) is 0 Å². The summed E-state index contributed by atoms with van der Waals surface area (Å²) in [5, 5.41) is 16.7. The molecule has 3 aliphatic heterocycles. The van der Waals surface area contributed by atoms with Gasteiger partial charge in [0.2, 0.25) is 17.7 Å². The number of rotatable bonds is 4. The second-order valence-electron chi connectivity index (χ2n) is 9.22. The third-order valence-electron chi connectivity index (χ3n) is 7.47. The summed E-state index contributed by atoms with van der Waals surface area (Å²) in [7, 11) is 1.57. The first-order chi connectivity index (χ1) is 15.7. The van der Waals surface area contributed by atoms with E-state index in [1.807, 2.05) is 26.0 Å². The van der Waals surface area contributed by atoms with Crippen LogP contribution in [0.4, 0.5) is 5.69 Å². The van der Waals surface area contributed by atoms with Gasteiger partial charge >= 0.3 is 0 Å². The minimum Gasteiger partial charge on any atom is -0.497 e. The molecule has 2 aromatic rings. The van der Waals surface area contributed by atoms with E-state index in [1.165, 1.54) is 4.90 Å². The predicted octanol–water partition coefficient (Wildman–Crippen LogP) is 1.61. The number of methoxy groups -OCH3 is 1. The predicted molar refractivity (Wildman–Crippen MR) is 120 cm³/mol. The number of benzene rings is 2. The smallest absolute Gasteiger partial charge is 0.250 e. The quantitative estimate of drug-likeness (QED) is 0.612. The molecule has 2 aromatic carbocycles. The highest BCUT2D eigenvalue weighted by molar-refractivity contribution is 6.15. The standard InChI is InChI=1S/C25H27N3O5/c1-12-5-10-17-20(13(12)2)26-24(32)25(17)19-18(21(27-25)14(3)29)22(30)28(23(19)31)11-15-6-8-16(33-4)9-7-15/h5-10,14,18-19,21,27,29H,11H2,1-4H3,(H,26,32)/t14-,18+,19+,21-,25-/m1/s1. The van der Waals surface area contributed by atoms with Crippen LogP contribution in [0.3, 0.4) is 0 Å². The van der Waals surface area contributed by atoms with Crippen LogP contribution in [0.15, 0.2) is 36.4 Å². The van der Waals surface area contributed by atoms with E-state index in [0.717, 1.165) is 16.7 Å². The highest BCUT2D eigenvalue weighted by Crippen LogP contribution is 2.54. The fraction of sp³-hybridized carbons (Fsp3) is 0.400. The van der Waals surface area contributed by atoms with Crippen LogP contribution in [0.5, 0.6) is 5.75 Å². The van der Waals surface area contributed by atoms with Gasteiger partial charge in [-0.3, -0.25) is 24.6 Å². The Hall–Kier alpha value is -3.23. The number of aryl methyl sites for hydroxylation is 1. The average Bonchev–Trinajstić information content (AvgIpc) is 3.38. The van der Waals surface area contributed by atoms with Gasteiger partial charge in [0.05, 0.1) is 31.6 Å². The maximum Gasteiger partial charge on any atom is 0.250 e. The van der Waals surface area contributed by atoms with Gasteiger partial charge in [-0.2, -0.15) is 0 Å². The fourth-order valence-corrected chi connectivity index (χ4v) is 5.59. The lowest BCUT2D eigenvalue weighted by molar-refractivity contribution is -0.143. The van der Waals surface area contributed by atoms with Crippen LogP contribution in [0, 0.1) is 25.7 Å². The Bertz CT molecular complexity index is 1180. The average molecular weight is 450 g/mol. The van der Waals surface area contributed by atoms with Gasteiger partial charge < -0.3 is 15.2 Å². The van der Waals surface area contributed by atoms with Crippen molar-refractivity contribution in [3.05, 3.63) is 58.7 Å². The minimum absolute atomic E-state index is 0.0959. The first-order valence-corrected chi connectivity index (χ1v) is 11.1. The molecule has 5 rings (SSSR count). The van der Waals surface area contributed by atoms with Crippen LogP contribution in [-0.4, -0.2) is 47.0 Å². The lowest BCUT2D eigenvalue weighted by atomic mass is 9.76. The molecule has 3 N–H and O–H groups in total. The van der Waals surface area contributed by atoms with Crippen LogP contribution >= 0.6 is 0 Å². The molecule has 0 aromatic heterocycles. The topological polar surface area (TPSA) is 108 Å². The van der Waals surface area contributed by atoms with Crippen LogP contribution in [0.1, 0.15) is 29.2 Å². The molecule has 3 heterocycles.